The molecule has 1 saturated carbocycles. The van der Waals surface area contributed by atoms with Gasteiger partial charge >= 0.3 is 0 Å². The summed E-state index contributed by atoms with van der Waals surface area (Å²) in [6.45, 7) is 7.00. The van der Waals surface area contributed by atoms with Crippen molar-refractivity contribution in [2.75, 3.05) is 0 Å². The molecule has 1 fully saturated rings. The van der Waals surface area contributed by atoms with Gasteiger partial charge in [0.1, 0.15) is 0 Å². The summed E-state index contributed by atoms with van der Waals surface area (Å²) in [6.07, 6.45) is 12.1. The Labute approximate surface area is 310 Å². The molecule has 3 heterocycles. The Bertz CT molecular complexity index is 2110. The topological polar surface area (TPSA) is 25.8 Å². The van der Waals surface area contributed by atoms with Crippen LogP contribution in [0.3, 0.4) is 0 Å². The fraction of sp³-hybridized carbons (Fsp3) is 0.227. The first-order chi connectivity index (χ1) is 23.4. The third-order valence-corrected chi connectivity index (χ3v) is 12.6. The number of hydrogen-bond acceptors (Lipinski definition) is 3. The largest absolute Gasteiger partial charge is 0.305 e. The predicted molar refractivity (Wildman–Crippen MR) is 209 cm³/mol. The van der Waals surface area contributed by atoms with Gasteiger partial charge in [-0.1, -0.05) is 123 Å². The predicted octanol–water partition coefficient (Wildman–Crippen LogP) is 11.8. The van der Waals surface area contributed by atoms with Gasteiger partial charge in [-0.05, 0) is 62.3 Å². The second-order valence-electron chi connectivity index (χ2n) is 14.0. The zero-order chi connectivity index (χ0) is 32.9. The standard InChI is InChI=1S/C30H26NS.C14H16NSi.Ir/c1-3-8-21(9-4-1)18-22-16-17-31-27(19-22)24-14-15-28-26(20-24)30-25(12-7-13-29(30)32-28)23-10-5-2-6-11-23;1-16(2,3)13-9-10-14(15-11-13)12-7-5-4-6-8-12;/h2,5-7,10-13,15-17,19-21H,1,3-4,8-9,18H2;4-7,9-11H,1-3H3;/q2*-1;. The van der Waals surface area contributed by atoms with Gasteiger partial charge < -0.3 is 9.97 Å². The summed E-state index contributed by atoms with van der Waals surface area (Å²) in [5, 5.41) is 4.04. The SMILES string of the molecule is C[Si](C)(C)c1ccc(-c2[c-]cccc2)nc1.[Ir].[c-]1cc2sc3cccc(-c4ccccc4)c3c2cc1-c1cc(CC2CCCCC2)ccn1. The van der Waals surface area contributed by atoms with E-state index < -0.39 is 8.07 Å². The van der Waals surface area contributed by atoms with Crippen LogP contribution >= 0.6 is 11.3 Å². The van der Waals surface area contributed by atoms with E-state index in [1.807, 2.05) is 48.0 Å². The second kappa shape index (κ2) is 15.9. The van der Waals surface area contributed by atoms with Gasteiger partial charge in [-0.3, -0.25) is 0 Å². The van der Waals surface area contributed by atoms with Gasteiger partial charge in [0.25, 0.3) is 0 Å². The minimum absolute atomic E-state index is 0. The van der Waals surface area contributed by atoms with E-state index >= 15 is 0 Å². The molecular formula is C44H42IrN2SSi-2. The van der Waals surface area contributed by atoms with Crippen molar-refractivity contribution in [2.45, 2.75) is 58.2 Å². The minimum Gasteiger partial charge on any atom is -0.305 e. The van der Waals surface area contributed by atoms with Crippen molar-refractivity contribution in [1.82, 2.24) is 9.97 Å². The Morgan fingerprint density at radius 3 is 2.29 bits per heavy atom. The molecule has 8 rings (SSSR count). The molecule has 0 aliphatic heterocycles. The Kier molecular flexibility index (Phi) is 11.4. The van der Waals surface area contributed by atoms with Crippen molar-refractivity contribution < 1.29 is 20.1 Å². The Morgan fingerprint density at radius 2 is 1.55 bits per heavy atom. The van der Waals surface area contributed by atoms with Crippen molar-refractivity contribution in [3.8, 4) is 33.6 Å². The van der Waals surface area contributed by atoms with Gasteiger partial charge in [0.05, 0.1) is 8.07 Å². The zero-order valence-corrected chi connectivity index (χ0v) is 32.7. The van der Waals surface area contributed by atoms with Gasteiger partial charge in [0.2, 0.25) is 0 Å². The maximum absolute atomic E-state index is 4.73. The van der Waals surface area contributed by atoms with E-state index in [0.717, 1.165) is 28.4 Å². The van der Waals surface area contributed by atoms with Crippen LogP contribution in [0.2, 0.25) is 19.6 Å². The number of hydrogen-bond donors (Lipinski definition) is 0. The quantitative estimate of drug-likeness (QED) is 0.123. The third kappa shape index (κ3) is 8.36. The molecule has 0 amide bonds. The number of benzene rings is 4. The normalized spacial score (nSPS) is 13.4. The van der Waals surface area contributed by atoms with Gasteiger partial charge in [0, 0.05) is 37.2 Å². The molecule has 1 aliphatic rings. The zero-order valence-electron chi connectivity index (χ0n) is 28.5. The van der Waals surface area contributed by atoms with Crippen LogP contribution in [0.25, 0.3) is 53.8 Å². The first kappa shape index (κ1) is 35.1. The fourth-order valence-electron chi connectivity index (χ4n) is 6.80. The maximum Gasteiger partial charge on any atom is 0.0795 e. The average molecular weight is 851 g/mol. The van der Waals surface area contributed by atoms with Crippen LogP contribution in [0.5, 0.6) is 0 Å². The van der Waals surface area contributed by atoms with Crippen LogP contribution < -0.4 is 5.19 Å². The molecule has 7 aromatic rings. The van der Waals surface area contributed by atoms with Crippen LogP contribution in [0.4, 0.5) is 0 Å². The third-order valence-electron chi connectivity index (χ3n) is 9.48. The number of pyridine rings is 2. The summed E-state index contributed by atoms with van der Waals surface area (Å²) in [6, 6.07) is 45.2. The molecule has 2 nitrogen and oxygen atoms in total. The molecule has 3 aromatic heterocycles. The molecular weight excluding hydrogens is 809 g/mol. The van der Waals surface area contributed by atoms with Gasteiger partial charge in [0.15, 0.2) is 0 Å². The molecule has 4 aromatic carbocycles. The molecule has 0 unspecified atom stereocenters. The molecule has 1 radical (unpaired) electrons. The Hall–Kier alpha value is -3.73. The van der Waals surface area contributed by atoms with Crippen molar-refractivity contribution in [3.05, 3.63) is 139 Å². The van der Waals surface area contributed by atoms with E-state index in [2.05, 4.69) is 122 Å². The summed E-state index contributed by atoms with van der Waals surface area (Å²) in [7, 11) is -1.23. The molecule has 5 heteroatoms. The van der Waals surface area contributed by atoms with Crippen LogP contribution in [-0.4, -0.2) is 18.0 Å². The van der Waals surface area contributed by atoms with Crippen LogP contribution in [0.1, 0.15) is 37.7 Å². The summed E-state index contributed by atoms with van der Waals surface area (Å²) < 4.78 is 2.61. The van der Waals surface area contributed by atoms with Gasteiger partial charge in [-0.25, -0.2) is 0 Å². The van der Waals surface area contributed by atoms with E-state index in [9.17, 15) is 0 Å². The van der Waals surface area contributed by atoms with Crippen molar-refractivity contribution in [1.29, 1.82) is 0 Å². The van der Waals surface area contributed by atoms with E-state index in [4.69, 9.17) is 4.98 Å². The van der Waals surface area contributed by atoms with E-state index in [-0.39, 0.29) is 20.1 Å². The summed E-state index contributed by atoms with van der Waals surface area (Å²) in [4.78, 5) is 9.25. The van der Waals surface area contributed by atoms with E-state index in [1.54, 1.807) is 0 Å². The molecule has 0 saturated heterocycles. The first-order valence-electron chi connectivity index (χ1n) is 17.2. The number of rotatable bonds is 6. The summed E-state index contributed by atoms with van der Waals surface area (Å²) in [5.41, 5.74) is 8.16. The van der Waals surface area contributed by atoms with Crippen molar-refractivity contribution in [3.63, 3.8) is 0 Å². The molecule has 0 bridgehead atoms. The first-order valence-corrected chi connectivity index (χ1v) is 21.6. The minimum atomic E-state index is -1.23. The van der Waals surface area contributed by atoms with Gasteiger partial charge in [-0.15, -0.1) is 59.7 Å². The monoisotopic (exact) mass is 851 g/mol. The smallest absolute Gasteiger partial charge is 0.0795 e. The van der Waals surface area contributed by atoms with Crippen LogP contribution in [-0.2, 0) is 26.5 Å². The molecule has 1 aliphatic carbocycles. The van der Waals surface area contributed by atoms with E-state index in [1.165, 1.54) is 80.6 Å². The van der Waals surface area contributed by atoms with Crippen molar-refractivity contribution in [2.24, 2.45) is 5.92 Å². The molecule has 0 spiro atoms. The summed E-state index contributed by atoms with van der Waals surface area (Å²) >= 11 is 1.85. The Morgan fingerprint density at radius 1 is 0.735 bits per heavy atom. The number of thiophene rings is 1. The number of aromatic nitrogens is 2. The van der Waals surface area contributed by atoms with Crippen molar-refractivity contribution >= 4 is 44.8 Å². The molecule has 0 N–H and O–H groups in total. The van der Waals surface area contributed by atoms with Crippen LogP contribution in [0, 0.1) is 18.1 Å². The fourth-order valence-corrected chi connectivity index (χ4v) is 8.93. The van der Waals surface area contributed by atoms with Gasteiger partial charge in [-0.2, -0.15) is 11.3 Å². The summed E-state index contributed by atoms with van der Waals surface area (Å²) in [5.74, 6) is 0.833. The maximum atomic E-state index is 4.73. The number of fused-ring (bicyclic) bond motifs is 3. The molecule has 249 valence electrons. The van der Waals surface area contributed by atoms with Crippen LogP contribution in [0.15, 0.2) is 122 Å². The second-order valence-corrected chi connectivity index (χ2v) is 20.1. The molecule has 0 atom stereocenters. The average Bonchev–Trinajstić information content (AvgIpc) is 3.51. The number of nitrogens with zero attached hydrogens (tertiary/aromatic N) is 2. The Balaban J connectivity index is 0.000000208. The molecule has 49 heavy (non-hydrogen) atoms. The van der Waals surface area contributed by atoms with E-state index in [0.29, 0.717) is 0 Å².